The maximum atomic E-state index is 11.9. The topological polar surface area (TPSA) is 74.8 Å². The summed E-state index contributed by atoms with van der Waals surface area (Å²) in [4.78, 5) is 16.0. The molecule has 0 aliphatic heterocycles. The highest BCUT2D eigenvalue weighted by Crippen LogP contribution is 2.28. The van der Waals surface area contributed by atoms with Gasteiger partial charge in [0.25, 0.3) is 0 Å². The molecule has 0 atom stereocenters. The Morgan fingerprint density at radius 1 is 1.15 bits per heavy atom. The van der Waals surface area contributed by atoms with Gasteiger partial charge in [0.05, 0.1) is 0 Å². The third-order valence-electron chi connectivity index (χ3n) is 4.01. The number of ether oxygens (including phenoxy) is 1. The summed E-state index contributed by atoms with van der Waals surface area (Å²) in [5.74, 6) is 1.56. The number of benzene rings is 1. The molecule has 1 aliphatic rings. The van der Waals surface area contributed by atoms with Crippen LogP contribution in [0.3, 0.4) is 0 Å². The molecule has 0 spiro atoms. The number of guanidine groups is 1. The number of rotatable bonds is 11. The summed E-state index contributed by atoms with van der Waals surface area (Å²) in [5.41, 5.74) is 1.10. The van der Waals surface area contributed by atoms with E-state index in [-0.39, 0.29) is 29.9 Å². The van der Waals surface area contributed by atoms with E-state index in [0.29, 0.717) is 19.5 Å². The van der Waals surface area contributed by atoms with Gasteiger partial charge in [-0.1, -0.05) is 30.3 Å². The van der Waals surface area contributed by atoms with E-state index in [1.807, 2.05) is 30.3 Å². The molecule has 2 rings (SSSR count). The average molecular weight is 474 g/mol. The van der Waals surface area contributed by atoms with E-state index < -0.39 is 0 Å². The van der Waals surface area contributed by atoms with E-state index in [1.54, 1.807) is 7.05 Å². The number of hydrogen-bond donors (Lipinski definition) is 3. The maximum absolute atomic E-state index is 11.9. The number of carbonyl (C=O) groups excluding carboxylic acids is 1. The van der Waals surface area contributed by atoms with E-state index in [2.05, 4.69) is 20.9 Å². The van der Waals surface area contributed by atoms with Gasteiger partial charge in [0.2, 0.25) is 5.91 Å². The summed E-state index contributed by atoms with van der Waals surface area (Å²) in [7, 11) is 1.73. The van der Waals surface area contributed by atoms with Crippen LogP contribution in [-0.4, -0.2) is 45.2 Å². The molecule has 1 fully saturated rings. The van der Waals surface area contributed by atoms with Crippen LogP contribution in [0.15, 0.2) is 35.3 Å². The fraction of sp³-hybridized carbons (Fsp3) is 0.579. The second-order valence-corrected chi connectivity index (χ2v) is 6.31. The Labute approximate surface area is 173 Å². The molecule has 1 saturated carbocycles. The Morgan fingerprint density at radius 2 is 1.88 bits per heavy atom. The SMILES string of the molecule is CN=C(NCCCOCC1CC1)NCCC(=O)NCc1ccccc1.I. The number of carbonyl (C=O) groups is 1. The van der Waals surface area contributed by atoms with Gasteiger partial charge in [-0.15, -0.1) is 24.0 Å². The second-order valence-electron chi connectivity index (χ2n) is 6.31. The lowest BCUT2D eigenvalue weighted by atomic mass is 10.2. The standard InChI is InChI=1S/C19H30N4O2.HI/c1-20-19(21-11-5-13-25-15-17-8-9-17)22-12-10-18(24)23-14-16-6-3-2-4-7-16;/h2-4,6-7,17H,5,8-15H2,1H3,(H,23,24)(H2,20,21,22);1H. The largest absolute Gasteiger partial charge is 0.381 e. The first-order valence-corrected chi connectivity index (χ1v) is 9.11. The van der Waals surface area contributed by atoms with Crippen LogP contribution in [-0.2, 0) is 16.1 Å². The van der Waals surface area contributed by atoms with E-state index in [1.165, 1.54) is 12.8 Å². The van der Waals surface area contributed by atoms with Crippen molar-refractivity contribution >= 4 is 35.8 Å². The zero-order valence-electron chi connectivity index (χ0n) is 15.5. The predicted molar refractivity (Wildman–Crippen MR) is 116 cm³/mol. The van der Waals surface area contributed by atoms with Gasteiger partial charge < -0.3 is 20.7 Å². The molecule has 0 bridgehead atoms. The first-order chi connectivity index (χ1) is 12.3. The fourth-order valence-electron chi connectivity index (χ4n) is 2.32. The first kappa shape index (κ1) is 22.7. The third-order valence-corrected chi connectivity index (χ3v) is 4.01. The van der Waals surface area contributed by atoms with Crippen LogP contribution in [0, 0.1) is 5.92 Å². The molecule has 0 radical (unpaired) electrons. The Kier molecular flexibility index (Phi) is 12.0. The summed E-state index contributed by atoms with van der Waals surface area (Å²) in [5, 5.41) is 9.30. The van der Waals surface area contributed by atoms with Crippen molar-refractivity contribution in [2.24, 2.45) is 10.9 Å². The van der Waals surface area contributed by atoms with Crippen LogP contribution in [0.2, 0.25) is 0 Å². The predicted octanol–water partition coefficient (Wildman–Crippen LogP) is 2.29. The molecule has 7 heteroatoms. The Bertz CT molecular complexity index is 536. The monoisotopic (exact) mass is 474 g/mol. The van der Waals surface area contributed by atoms with Gasteiger partial charge >= 0.3 is 0 Å². The highest BCUT2D eigenvalue weighted by molar-refractivity contribution is 14.0. The Hall–Kier alpha value is -1.35. The van der Waals surface area contributed by atoms with E-state index in [9.17, 15) is 4.79 Å². The highest BCUT2D eigenvalue weighted by Gasteiger charge is 2.20. The number of nitrogens with zero attached hydrogens (tertiary/aromatic N) is 1. The molecular weight excluding hydrogens is 443 g/mol. The van der Waals surface area contributed by atoms with Crippen LogP contribution < -0.4 is 16.0 Å². The summed E-state index contributed by atoms with van der Waals surface area (Å²) in [6.07, 6.45) is 4.02. The summed E-state index contributed by atoms with van der Waals surface area (Å²) in [6.45, 7) is 3.62. The number of nitrogens with one attached hydrogen (secondary N) is 3. The molecule has 0 saturated heterocycles. The summed E-state index contributed by atoms with van der Waals surface area (Å²) >= 11 is 0. The van der Waals surface area contributed by atoms with Crippen molar-refractivity contribution in [3.63, 3.8) is 0 Å². The van der Waals surface area contributed by atoms with Gasteiger partial charge in [0.15, 0.2) is 5.96 Å². The fourth-order valence-corrected chi connectivity index (χ4v) is 2.32. The summed E-state index contributed by atoms with van der Waals surface area (Å²) < 4.78 is 5.60. The minimum Gasteiger partial charge on any atom is -0.381 e. The van der Waals surface area contributed by atoms with Gasteiger partial charge in [0, 0.05) is 46.3 Å². The third kappa shape index (κ3) is 10.6. The van der Waals surface area contributed by atoms with Crippen molar-refractivity contribution in [3.05, 3.63) is 35.9 Å². The van der Waals surface area contributed by atoms with Crippen LogP contribution >= 0.6 is 24.0 Å². The molecular formula is C19H31IN4O2. The van der Waals surface area contributed by atoms with Gasteiger partial charge in [-0.2, -0.15) is 0 Å². The molecule has 1 aromatic rings. The van der Waals surface area contributed by atoms with Crippen LogP contribution in [0.1, 0.15) is 31.2 Å². The quantitative estimate of drug-likeness (QED) is 0.199. The number of aliphatic imine (C=N–C) groups is 1. The van der Waals surface area contributed by atoms with Crippen LogP contribution in [0.5, 0.6) is 0 Å². The first-order valence-electron chi connectivity index (χ1n) is 9.11. The number of amides is 1. The second kappa shape index (κ2) is 13.8. The van der Waals surface area contributed by atoms with Gasteiger partial charge in [-0.3, -0.25) is 9.79 Å². The van der Waals surface area contributed by atoms with E-state index >= 15 is 0 Å². The van der Waals surface area contributed by atoms with Gasteiger partial charge in [-0.05, 0) is 30.7 Å². The van der Waals surface area contributed by atoms with E-state index in [0.717, 1.165) is 43.6 Å². The zero-order chi connectivity index (χ0) is 17.7. The molecule has 3 N–H and O–H groups in total. The number of halogens is 1. The van der Waals surface area contributed by atoms with Crippen molar-refractivity contribution < 1.29 is 9.53 Å². The maximum Gasteiger partial charge on any atom is 0.222 e. The number of hydrogen-bond acceptors (Lipinski definition) is 3. The van der Waals surface area contributed by atoms with Crippen molar-refractivity contribution in [1.82, 2.24) is 16.0 Å². The lowest BCUT2D eigenvalue weighted by Crippen LogP contribution is -2.39. The van der Waals surface area contributed by atoms with Crippen molar-refractivity contribution in [2.75, 3.05) is 33.4 Å². The van der Waals surface area contributed by atoms with Crippen LogP contribution in [0.25, 0.3) is 0 Å². The highest BCUT2D eigenvalue weighted by atomic mass is 127. The van der Waals surface area contributed by atoms with Crippen molar-refractivity contribution in [1.29, 1.82) is 0 Å². The molecule has 0 aromatic heterocycles. The zero-order valence-corrected chi connectivity index (χ0v) is 17.8. The van der Waals surface area contributed by atoms with Crippen molar-refractivity contribution in [2.45, 2.75) is 32.2 Å². The van der Waals surface area contributed by atoms with Gasteiger partial charge in [0.1, 0.15) is 0 Å². The molecule has 6 nitrogen and oxygen atoms in total. The molecule has 146 valence electrons. The molecule has 1 aromatic carbocycles. The minimum atomic E-state index is 0. The molecule has 0 unspecified atom stereocenters. The van der Waals surface area contributed by atoms with Crippen molar-refractivity contribution in [3.8, 4) is 0 Å². The molecule has 26 heavy (non-hydrogen) atoms. The lowest BCUT2D eigenvalue weighted by molar-refractivity contribution is -0.121. The smallest absolute Gasteiger partial charge is 0.222 e. The lowest BCUT2D eigenvalue weighted by Gasteiger charge is -2.12. The summed E-state index contributed by atoms with van der Waals surface area (Å²) in [6, 6.07) is 9.90. The van der Waals surface area contributed by atoms with E-state index in [4.69, 9.17) is 4.74 Å². The molecule has 1 amide bonds. The minimum absolute atomic E-state index is 0. The molecule has 1 aliphatic carbocycles. The normalized spacial score (nSPS) is 13.7. The van der Waals surface area contributed by atoms with Crippen LogP contribution in [0.4, 0.5) is 0 Å². The average Bonchev–Trinajstić information content (AvgIpc) is 3.46. The Morgan fingerprint density at radius 3 is 2.58 bits per heavy atom. The Balaban J connectivity index is 0.00000338. The van der Waals surface area contributed by atoms with Gasteiger partial charge in [-0.25, -0.2) is 0 Å². The molecule has 0 heterocycles.